The zero-order valence-electron chi connectivity index (χ0n) is 20.2. The van der Waals surface area contributed by atoms with E-state index in [-0.39, 0.29) is 29.6 Å². The monoisotopic (exact) mass is 466 g/mol. The second-order valence-corrected chi connectivity index (χ2v) is 9.38. The maximum atomic E-state index is 13.7. The fourth-order valence-corrected chi connectivity index (χ4v) is 5.16. The maximum Gasteiger partial charge on any atom is 0.261 e. The Hall–Kier alpha value is -2.89. The highest BCUT2D eigenvalue weighted by Gasteiger charge is 2.36. The molecule has 4 rings (SSSR count). The number of hydrogen-bond donors (Lipinski definition) is 1. The van der Waals surface area contributed by atoms with E-state index in [9.17, 15) is 14.0 Å². The quantitative estimate of drug-likeness (QED) is 0.584. The number of carbonyl (C=O) groups excluding carboxylic acids is 2. The number of nitrogens with one attached hydrogen (secondary N) is 1. The van der Waals surface area contributed by atoms with Crippen LogP contribution in [-0.4, -0.2) is 35.9 Å². The van der Waals surface area contributed by atoms with Crippen molar-refractivity contribution < 1.29 is 18.7 Å². The summed E-state index contributed by atoms with van der Waals surface area (Å²) in [6.45, 7) is 5.20. The van der Waals surface area contributed by atoms with Crippen molar-refractivity contribution in [1.29, 1.82) is 0 Å². The first kappa shape index (κ1) is 24.2. The van der Waals surface area contributed by atoms with E-state index in [1.54, 1.807) is 12.1 Å². The Bertz CT molecular complexity index is 1000. The summed E-state index contributed by atoms with van der Waals surface area (Å²) in [7, 11) is 0. The number of amides is 2. The molecule has 1 heterocycles. The molecule has 1 aliphatic heterocycles. The first-order chi connectivity index (χ1) is 16.5. The van der Waals surface area contributed by atoms with E-state index in [1.165, 1.54) is 12.1 Å². The number of benzene rings is 2. The summed E-state index contributed by atoms with van der Waals surface area (Å²) in [5, 5.41) is 2.91. The Balaban J connectivity index is 1.67. The minimum atomic E-state index is -0.575. The highest BCUT2D eigenvalue weighted by atomic mass is 19.1. The van der Waals surface area contributed by atoms with Crippen LogP contribution < -0.4 is 10.1 Å². The molecule has 1 saturated carbocycles. The minimum Gasteiger partial charge on any atom is -0.481 e. The Morgan fingerprint density at radius 3 is 2.53 bits per heavy atom. The molecule has 2 aliphatic rings. The van der Waals surface area contributed by atoms with Crippen LogP contribution in [0, 0.1) is 11.7 Å². The molecule has 6 heteroatoms. The number of ether oxygens (including phenoxy) is 1. The summed E-state index contributed by atoms with van der Waals surface area (Å²) in [6, 6.07) is 12.1. The van der Waals surface area contributed by atoms with Crippen LogP contribution in [-0.2, 0) is 16.0 Å². The van der Waals surface area contributed by atoms with Gasteiger partial charge < -0.3 is 15.0 Å². The van der Waals surface area contributed by atoms with Gasteiger partial charge in [-0.15, -0.1) is 0 Å². The first-order valence-corrected chi connectivity index (χ1v) is 12.6. The summed E-state index contributed by atoms with van der Waals surface area (Å²) in [5.74, 6) is 0.453. The van der Waals surface area contributed by atoms with E-state index >= 15 is 0 Å². The van der Waals surface area contributed by atoms with Gasteiger partial charge in [0.25, 0.3) is 5.91 Å². The van der Waals surface area contributed by atoms with Crippen molar-refractivity contribution in [2.45, 2.75) is 70.9 Å². The number of nitrogens with zero attached hydrogens (tertiary/aromatic N) is 1. The molecule has 0 saturated heterocycles. The lowest BCUT2D eigenvalue weighted by molar-refractivity contribution is -0.137. The molecule has 0 aromatic heterocycles. The first-order valence-electron chi connectivity index (χ1n) is 12.6. The van der Waals surface area contributed by atoms with Crippen LogP contribution in [0.5, 0.6) is 5.75 Å². The molecule has 5 nitrogen and oxygen atoms in total. The van der Waals surface area contributed by atoms with Crippen LogP contribution in [0.2, 0.25) is 0 Å². The zero-order chi connectivity index (χ0) is 24.1. The van der Waals surface area contributed by atoms with Gasteiger partial charge in [-0.05, 0) is 73.1 Å². The molecule has 0 unspecified atom stereocenters. The van der Waals surface area contributed by atoms with E-state index < -0.39 is 6.10 Å². The SMILES string of the molecule is CCCNC(=O)[C@@H](CC)Oc1ccc2c(c1)[C@@H](c1ccc(F)cc1)N(C(=O)C1CCCC1)CC2. The van der Waals surface area contributed by atoms with E-state index in [2.05, 4.69) is 5.32 Å². The van der Waals surface area contributed by atoms with Crippen molar-refractivity contribution in [1.82, 2.24) is 10.2 Å². The predicted molar refractivity (Wildman–Crippen MR) is 130 cm³/mol. The van der Waals surface area contributed by atoms with E-state index in [0.29, 0.717) is 25.3 Å². The van der Waals surface area contributed by atoms with Gasteiger partial charge in [0, 0.05) is 19.0 Å². The molecule has 0 bridgehead atoms. The summed E-state index contributed by atoms with van der Waals surface area (Å²) in [5.41, 5.74) is 3.03. The van der Waals surface area contributed by atoms with Gasteiger partial charge in [0.1, 0.15) is 11.6 Å². The number of hydrogen-bond acceptors (Lipinski definition) is 3. The number of carbonyl (C=O) groups is 2. The summed E-state index contributed by atoms with van der Waals surface area (Å²) in [6.07, 6.45) is 5.68. The smallest absolute Gasteiger partial charge is 0.261 e. The van der Waals surface area contributed by atoms with Crippen LogP contribution in [0.15, 0.2) is 42.5 Å². The Labute approximate surface area is 201 Å². The van der Waals surface area contributed by atoms with Crippen LogP contribution in [0.1, 0.15) is 75.1 Å². The second-order valence-electron chi connectivity index (χ2n) is 9.38. The van der Waals surface area contributed by atoms with Crippen molar-refractivity contribution in [2.24, 2.45) is 5.92 Å². The van der Waals surface area contributed by atoms with Gasteiger partial charge in [-0.1, -0.05) is 44.9 Å². The molecule has 1 aliphatic carbocycles. The van der Waals surface area contributed by atoms with Gasteiger partial charge in [0.15, 0.2) is 6.10 Å². The molecule has 2 amide bonds. The average Bonchev–Trinajstić information content (AvgIpc) is 3.40. The molecule has 0 spiro atoms. The Morgan fingerprint density at radius 2 is 1.85 bits per heavy atom. The average molecular weight is 467 g/mol. The van der Waals surface area contributed by atoms with Crippen molar-refractivity contribution in [3.63, 3.8) is 0 Å². The van der Waals surface area contributed by atoms with Crippen LogP contribution in [0.3, 0.4) is 0 Å². The fourth-order valence-electron chi connectivity index (χ4n) is 5.16. The zero-order valence-corrected chi connectivity index (χ0v) is 20.2. The maximum absolute atomic E-state index is 13.7. The Morgan fingerprint density at radius 1 is 1.12 bits per heavy atom. The molecule has 182 valence electrons. The van der Waals surface area contributed by atoms with Crippen molar-refractivity contribution in [3.8, 4) is 5.75 Å². The standard InChI is InChI=1S/C28H35FN2O3/c1-3-16-30-27(32)25(4-2)34-23-14-11-19-15-17-31(28(33)21-7-5-6-8-21)26(24(19)18-23)20-9-12-22(29)13-10-20/h9-14,18,21,25-26H,3-8,15-17H2,1-2H3,(H,30,32)/t25-,26-/m1/s1. The highest BCUT2D eigenvalue weighted by molar-refractivity contribution is 5.81. The molecule has 34 heavy (non-hydrogen) atoms. The Kier molecular flexibility index (Phi) is 7.86. The third-order valence-corrected chi connectivity index (χ3v) is 7.01. The minimum absolute atomic E-state index is 0.0654. The molecule has 0 radical (unpaired) electrons. The summed E-state index contributed by atoms with van der Waals surface area (Å²) in [4.78, 5) is 28.0. The number of halogens is 1. The number of fused-ring (bicyclic) bond motifs is 1. The van der Waals surface area contributed by atoms with Crippen LogP contribution >= 0.6 is 0 Å². The van der Waals surface area contributed by atoms with Gasteiger partial charge in [-0.25, -0.2) is 4.39 Å². The molecule has 2 aromatic carbocycles. The largest absolute Gasteiger partial charge is 0.481 e. The molecular formula is C28H35FN2O3. The van der Waals surface area contributed by atoms with E-state index in [1.807, 2.05) is 36.9 Å². The normalized spacial score (nSPS) is 18.9. The predicted octanol–water partition coefficient (Wildman–Crippen LogP) is 5.17. The number of rotatable bonds is 8. The highest BCUT2D eigenvalue weighted by Crippen LogP contribution is 2.40. The van der Waals surface area contributed by atoms with Crippen LogP contribution in [0.25, 0.3) is 0 Å². The van der Waals surface area contributed by atoms with Gasteiger partial charge in [-0.3, -0.25) is 9.59 Å². The van der Waals surface area contributed by atoms with Crippen molar-refractivity contribution >= 4 is 11.8 Å². The van der Waals surface area contributed by atoms with E-state index in [4.69, 9.17) is 4.74 Å². The second kappa shape index (κ2) is 11.0. The molecular weight excluding hydrogens is 431 g/mol. The van der Waals surface area contributed by atoms with Crippen molar-refractivity contribution in [2.75, 3.05) is 13.1 Å². The molecule has 1 N–H and O–H groups in total. The van der Waals surface area contributed by atoms with Gasteiger partial charge in [-0.2, -0.15) is 0 Å². The molecule has 1 fully saturated rings. The van der Waals surface area contributed by atoms with Gasteiger partial charge in [0.05, 0.1) is 6.04 Å². The van der Waals surface area contributed by atoms with Crippen molar-refractivity contribution in [3.05, 3.63) is 65.0 Å². The summed E-state index contributed by atoms with van der Waals surface area (Å²) >= 11 is 0. The van der Waals surface area contributed by atoms with Crippen LogP contribution in [0.4, 0.5) is 4.39 Å². The molecule has 2 atom stereocenters. The third-order valence-electron chi connectivity index (χ3n) is 7.01. The topological polar surface area (TPSA) is 58.6 Å². The lowest BCUT2D eigenvalue weighted by Gasteiger charge is -2.39. The lowest BCUT2D eigenvalue weighted by atomic mass is 9.87. The van der Waals surface area contributed by atoms with Gasteiger partial charge >= 0.3 is 0 Å². The summed E-state index contributed by atoms with van der Waals surface area (Å²) < 4.78 is 19.8. The van der Waals surface area contributed by atoms with Gasteiger partial charge in [0.2, 0.25) is 5.91 Å². The van der Waals surface area contributed by atoms with E-state index in [0.717, 1.165) is 55.2 Å². The lowest BCUT2D eigenvalue weighted by Crippen LogP contribution is -2.43. The fraction of sp³-hybridized carbons (Fsp3) is 0.500. The third kappa shape index (κ3) is 5.26. The molecule has 2 aromatic rings.